The molecule has 0 spiro atoms. The lowest BCUT2D eigenvalue weighted by molar-refractivity contribution is 0.618. The molecule has 0 amide bonds. The smallest absolute Gasteiger partial charge is 0.115 e. The van der Waals surface area contributed by atoms with E-state index in [1.54, 1.807) is 30.7 Å². The van der Waals surface area contributed by atoms with Crippen LogP contribution in [0.2, 0.25) is 0 Å². The van der Waals surface area contributed by atoms with Crippen LogP contribution in [0.5, 0.6) is 0 Å². The monoisotopic (exact) mass is 216 g/mol. The van der Waals surface area contributed by atoms with E-state index in [1.165, 1.54) is 6.33 Å². The molecule has 6 heteroatoms. The van der Waals surface area contributed by atoms with Gasteiger partial charge >= 0.3 is 0 Å². The zero-order chi connectivity index (χ0) is 11.4. The Morgan fingerprint density at radius 2 is 2.00 bits per heavy atom. The van der Waals surface area contributed by atoms with Crippen LogP contribution >= 0.6 is 0 Å². The van der Waals surface area contributed by atoms with Crippen molar-refractivity contribution in [2.24, 2.45) is 5.84 Å². The van der Waals surface area contributed by atoms with Crippen LogP contribution in [0.4, 0.5) is 5.69 Å². The summed E-state index contributed by atoms with van der Waals surface area (Å²) in [7, 11) is 0. The predicted molar refractivity (Wildman–Crippen MR) is 59.8 cm³/mol. The second kappa shape index (κ2) is 4.65. The number of nitrogens with one attached hydrogen (secondary N) is 1. The van der Waals surface area contributed by atoms with E-state index in [2.05, 4.69) is 20.4 Å². The Morgan fingerprint density at radius 1 is 1.19 bits per heavy atom. The molecule has 0 saturated carbocycles. The Hall–Kier alpha value is -2.05. The van der Waals surface area contributed by atoms with E-state index in [0.717, 1.165) is 11.3 Å². The first-order valence-electron chi connectivity index (χ1n) is 4.74. The predicted octanol–water partition coefficient (Wildman–Crippen LogP) is 0.00650. The Bertz CT molecular complexity index is 458. The number of aromatic nitrogens is 3. The second-order valence-corrected chi connectivity index (χ2v) is 3.24. The quantitative estimate of drug-likeness (QED) is 0.493. The average molecular weight is 216 g/mol. The van der Waals surface area contributed by atoms with Gasteiger partial charge in [-0.25, -0.2) is 15.4 Å². The van der Waals surface area contributed by atoms with E-state index in [1.807, 2.05) is 0 Å². The number of hydrogen-bond donors (Lipinski definition) is 3. The molecule has 0 aliphatic heterocycles. The molecule has 6 nitrogen and oxygen atoms in total. The fraction of sp³-hybridized carbons (Fsp3) is 0.100. The van der Waals surface area contributed by atoms with Gasteiger partial charge < -0.3 is 5.73 Å². The highest BCUT2D eigenvalue weighted by atomic mass is 15.2. The summed E-state index contributed by atoms with van der Waals surface area (Å²) in [6.45, 7) is 0. The van der Waals surface area contributed by atoms with E-state index in [4.69, 9.17) is 11.6 Å². The summed E-state index contributed by atoms with van der Waals surface area (Å²) in [5.74, 6) is 5.51. The molecule has 2 heterocycles. The normalized spacial score (nSPS) is 12.3. The minimum atomic E-state index is -0.281. The van der Waals surface area contributed by atoms with Gasteiger partial charge in [0.1, 0.15) is 6.33 Å². The van der Waals surface area contributed by atoms with E-state index < -0.39 is 0 Å². The van der Waals surface area contributed by atoms with Crippen molar-refractivity contribution in [3.05, 3.63) is 48.3 Å². The number of nitrogen functional groups attached to an aromatic ring is 1. The summed E-state index contributed by atoms with van der Waals surface area (Å²) in [5, 5.41) is 0. The van der Waals surface area contributed by atoms with Crippen molar-refractivity contribution in [1.82, 2.24) is 20.4 Å². The first-order chi connectivity index (χ1) is 7.83. The standard InChI is InChI=1S/C10H12N6/c11-8-1-3-13-5-7(8)10(16-12)9-2-4-14-6-15-9/h1-6,10,16H,12H2,(H2,11,13). The number of nitrogens with zero attached hydrogens (tertiary/aromatic N) is 3. The highest BCUT2D eigenvalue weighted by molar-refractivity contribution is 5.48. The maximum Gasteiger partial charge on any atom is 0.115 e. The van der Waals surface area contributed by atoms with Gasteiger partial charge in [0.2, 0.25) is 0 Å². The lowest BCUT2D eigenvalue weighted by Crippen LogP contribution is -2.30. The summed E-state index contributed by atoms with van der Waals surface area (Å²) < 4.78 is 0. The summed E-state index contributed by atoms with van der Waals surface area (Å²) in [6, 6.07) is 3.22. The number of rotatable bonds is 3. The molecule has 2 aromatic rings. The van der Waals surface area contributed by atoms with Gasteiger partial charge in [-0.15, -0.1) is 0 Å². The molecule has 0 aromatic carbocycles. The van der Waals surface area contributed by atoms with Gasteiger partial charge in [-0.1, -0.05) is 0 Å². The second-order valence-electron chi connectivity index (χ2n) is 3.24. The molecule has 0 saturated heterocycles. The van der Waals surface area contributed by atoms with Crippen LogP contribution in [-0.2, 0) is 0 Å². The SMILES string of the molecule is NNC(c1ccncn1)c1cnccc1N. The van der Waals surface area contributed by atoms with Crippen LogP contribution in [0.25, 0.3) is 0 Å². The summed E-state index contributed by atoms with van der Waals surface area (Å²) >= 11 is 0. The van der Waals surface area contributed by atoms with Crippen molar-refractivity contribution >= 4 is 5.69 Å². The lowest BCUT2D eigenvalue weighted by Gasteiger charge is -2.16. The number of hydrazine groups is 1. The van der Waals surface area contributed by atoms with E-state index >= 15 is 0 Å². The van der Waals surface area contributed by atoms with E-state index in [0.29, 0.717) is 5.69 Å². The molecule has 0 fully saturated rings. The van der Waals surface area contributed by atoms with Crippen molar-refractivity contribution < 1.29 is 0 Å². The minimum Gasteiger partial charge on any atom is -0.398 e. The molecular weight excluding hydrogens is 204 g/mol. The minimum absolute atomic E-state index is 0.281. The van der Waals surface area contributed by atoms with Crippen molar-refractivity contribution in [2.75, 3.05) is 5.73 Å². The van der Waals surface area contributed by atoms with Gasteiger partial charge in [0.05, 0.1) is 11.7 Å². The molecule has 1 atom stereocenters. The number of nitrogens with two attached hydrogens (primary N) is 2. The number of hydrogen-bond acceptors (Lipinski definition) is 6. The molecule has 0 aliphatic carbocycles. The molecule has 0 radical (unpaired) electrons. The van der Waals surface area contributed by atoms with Gasteiger partial charge in [-0.05, 0) is 12.1 Å². The molecule has 2 aromatic heterocycles. The molecule has 16 heavy (non-hydrogen) atoms. The van der Waals surface area contributed by atoms with Crippen molar-refractivity contribution in [1.29, 1.82) is 0 Å². The maximum absolute atomic E-state index is 5.86. The molecule has 0 bridgehead atoms. The third-order valence-electron chi connectivity index (χ3n) is 2.27. The fourth-order valence-corrected chi connectivity index (χ4v) is 1.46. The van der Waals surface area contributed by atoms with E-state index in [9.17, 15) is 0 Å². The Kier molecular flexibility index (Phi) is 3.04. The Labute approximate surface area is 92.7 Å². The van der Waals surface area contributed by atoms with Crippen molar-refractivity contribution in [3.8, 4) is 0 Å². The van der Waals surface area contributed by atoms with Crippen LogP contribution < -0.4 is 17.0 Å². The highest BCUT2D eigenvalue weighted by Gasteiger charge is 2.16. The van der Waals surface area contributed by atoms with Crippen LogP contribution in [0.1, 0.15) is 17.3 Å². The first-order valence-corrected chi connectivity index (χ1v) is 4.74. The molecular formula is C10H12N6. The molecule has 1 unspecified atom stereocenters. The third kappa shape index (κ3) is 1.97. The van der Waals surface area contributed by atoms with Crippen molar-refractivity contribution in [3.63, 3.8) is 0 Å². The first kappa shape index (κ1) is 10.5. The number of pyridine rings is 1. The van der Waals surface area contributed by atoms with Gasteiger partial charge in [-0.3, -0.25) is 10.8 Å². The lowest BCUT2D eigenvalue weighted by atomic mass is 10.0. The van der Waals surface area contributed by atoms with Gasteiger partial charge in [0.25, 0.3) is 0 Å². The zero-order valence-corrected chi connectivity index (χ0v) is 8.54. The molecule has 82 valence electrons. The van der Waals surface area contributed by atoms with Crippen LogP contribution in [0, 0.1) is 0 Å². The highest BCUT2D eigenvalue weighted by Crippen LogP contribution is 2.22. The van der Waals surface area contributed by atoms with Gasteiger partial charge in [0.15, 0.2) is 0 Å². The van der Waals surface area contributed by atoms with Gasteiger partial charge in [-0.2, -0.15) is 0 Å². The molecule has 0 aliphatic rings. The van der Waals surface area contributed by atoms with Crippen molar-refractivity contribution in [2.45, 2.75) is 6.04 Å². The molecule has 5 N–H and O–H groups in total. The Morgan fingerprint density at radius 3 is 2.62 bits per heavy atom. The maximum atomic E-state index is 5.86. The Balaban J connectivity index is 2.41. The largest absolute Gasteiger partial charge is 0.398 e. The van der Waals surface area contributed by atoms with Crippen LogP contribution in [-0.4, -0.2) is 15.0 Å². The van der Waals surface area contributed by atoms with Crippen LogP contribution in [0.3, 0.4) is 0 Å². The summed E-state index contributed by atoms with van der Waals surface area (Å²) in [5.41, 5.74) is 10.7. The average Bonchev–Trinajstić information content (AvgIpc) is 2.34. The van der Waals surface area contributed by atoms with Crippen LogP contribution in [0.15, 0.2) is 37.1 Å². The number of anilines is 1. The summed E-state index contributed by atoms with van der Waals surface area (Å²) in [4.78, 5) is 12.0. The topological polar surface area (TPSA) is 103 Å². The summed E-state index contributed by atoms with van der Waals surface area (Å²) in [6.07, 6.45) is 6.42. The third-order valence-corrected chi connectivity index (χ3v) is 2.27. The van der Waals surface area contributed by atoms with E-state index in [-0.39, 0.29) is 6.04 Å². The zero-order valence-electron chi connectivity index (χ0n) is 8.54. The van der Waals surface area contributed by atoms with Gasteiger partial charge in [0, 0.05) is 29.8 Å². The fourth-order valence-electron chi connectivity index (χ4n) is 1.46. The molecule has 2 rings (SSSR count).